The quantitative estimate of drug-likeness (QED) is 0.689. The van der Waals surface area contributed by atoms with Crippen LogP contribution in [0.1, 0.15) is 24.8 Å². The van der Waals surface area contributed by atoms with Crippen LogP contribution in [0.2, 0.25) is 0 Å². The molecule has 1 amide bonds. The Morgan fingerprint density at radius 3 is 2.86 bits per heavy atom. The van der Waals surface area contributed by atoms with Crippen molar-refractivity contribution in [2.45, 2.75) is 25.8 Å². The van der Waals surface area contributed by atoms with Crippen LogP contribution < -0.4 is 10.1 Å². The lowest BCUT2D eigenvalue weighted by Crippen LogP contribution is -2.28. The normalized spacial score (nSPS) is 14.8. The molecular formula is C15H20Br2N2O2. The highest BCUT2D eigenvalue weighted by Gasteiger charge is 2.18. The molecule has 0 atom stereocenters. The predicted molar refractivity (Wildman–Crippen MR) is 90.5 cm³/mol. The highest BCUT2D eigenvalue weighted by Crippen LogP contribution is 2.32. The van der Waals surface area contributed by atoms with Gasteiger partial charge in [-0.05, 0) is 47.4 Å². The second kappa shape index (κ2) is 8.15. The molecule has 1 heterocycles. The third-order valence-electron chi connectivity index (χ3n) is 3.56. The second-order valence-electron chi connectivity index (χ2n) is 5.09. The maximum Gasteiger partial charge on any atom is 0.222 e. The van der Waals surface area contributed by atoms with Crippen LogP contribution >= 0.6 is 31.9 Å². The molecule has 4 nitrogen and oxygen atoms in total. The molecule has 6 heteroatoms. The summed E-state index contributed by atoms with van der Waals surface area (Å²) in [6, 6.07) is 4.03. The third-order valence-corrected chi connectivity index (χ3v) is 4.60. The topological polar surface area (TPSA) is 41.6 Å². The van der Waals surface area contributed by atoms with Crippen molar-refractivity contribution in [3.63, 3.8) is 0 Å². The Morgan fingerprint density at radius 2 is 2.19 bits per heavy atom. The summed E-state index contributed by atoms with van der Waals surface area (Å²) in [6.45, 7) is 3.41. The lowest BCUT2D eigenvalue weighted by atomic mass is 10.2. The summed E-state index contributed by atoms with van der Waals surface area (Å²) in [5.74, 6) is 1.16. The number of amides is 1. The zero-order valence-corrected chi connectivity index (χ0v) is 15.3. The van der Waals surface area contributed by atoms with Crippen molar-refractivity contribution >= 4 is 37.8 Å². The maximum absolute atomic E-state index is 11.5. The van der Waals surface area contributed by atoms with Crippen LogP contribution in [0.15, 0.2) is 21.1 Å². The Labute approximate surface area is 142 Å². The summed E-state index contributed by atoms with van der Waals surface area (Å²) in [6.07, 6.45) is 2.70. The van der Waals surface area contributed by atoms with Crippen LogP contribution in [0.3, 0.4) is 0 Å². The lowest BCUT2D eigenvalue weighted by Gasteiger charge is -2.16. The van der Waals surface area contributed by atoms with E-state index in [0.717, 1.165) is 65.7 Å². The van der Waals surface area contributed by atoms with Crippen molar-refractivity contribution in [3.8, 4) is 5.75 Å². The smallest absolute Gasteiger partial charge is 0.222 e. The lowest BCUT2D eigenvalue weighted by molar-refractivity contribution is -0.127. The monoisotopic (exact) mass is 418 g/mol. The Hall–Kier alpha value is -0.590. The standard InChI is InChI=1S/C15H20Br2N2O2/c1-21-15-11(8-12(16)9-13(15)17)10-18-5-3-7-19-6-2-4-14(19)20/h8-9,18H,2-7,10H2,1H3. The number of carbonyl (C=O) groups excluding carboxylic acids is 1. The van der Waals surface area contributed by atoms with Gasteiger partial charge in [0.05, 0.1) is 11.6 Å². The molecule has 1 aliphatic heterocycles. The van der Waals surface area contributed by atoms with Gasteiger partial charge in [-0.15, -0.1) is 0 Å². The second-order valence-corrected chi connectivity index (χ2v) is 6.86. The van der Waals surface area contributed by atoms with Crippen LogP contribution in [0, 0.1) is 0 Å². The minimum absolute atomic E-state index is 0.299. The Kier molecular flexibility index (Phi) is 6.51. The average molecular weight is 420 g/mol. The third kappa shape index (κ3) is 4.69. The number of methoxy groups -OCH3 is 1. The van der Waals surface area contributed by atoms with Crippen molar-refractivity contribution in [2.24, 2.45) is 0 Å². The maximum atomic E-state index is 11.5. The molecule has 0 bridgehead atoms. The van der Waals surface area contributed by atoms with Gasteiger partial charge in [-0.25, -0.2) is 0 Å². The summed E-state index contributed by atoms with van der Waals surface area (Å²) in [5.41, 5.74) is 1.11. The zero-order chi connectivity index (χ0) is 15.2. The van der Waals surface area contributed by atoms with E-state index < -0.39 is 0 Å². The van der Waals surface area contributed by atoms with Crippen molar-refractivity contribution in [1.82, 2.24) is 10.2 Å². The van der Waals surface area contributed by atoms with Crippen molar-refractivity contribution in [3.05, 3.63) is 26.6 Å². The van der Waals surface area contributed by atoms with Crippen LogP contribution in [0.4, 0.5) is 0 Å². The molecule has 1 saturated heterocycles. The Morgan fingerprint density at radius 1 is 1.38 bits per heavy atom. The van der Waals surface area contributed by atoms with E-state index >= 15 is 0 Å². The van der Waals surface area contributed by atoms with Gasteiger partial charge >= 0.3 is 0 Å². The summed E-state index contributed by atoms with van der Waals surface area (Å²) in [7, 11) is 1.68. The molecule has 2 rings (SSSR count). The first-order chi connectivity index (χ1) is 10.1. The van der Waals surface area contributed by atoms with Crippen LogP contribution in [0.25, 0.3) is 0 Å². The van der Waals surface area contributed by atoms with Crippen LogP contribution in [0.5, 0.6) is 5.75 Å². The van der Waals surface area contributed by atoms with Gasteiger partial charge in [-0.2, -0.15) is 0 Å². The largest absolute Gasteiger partial charge is 0.495 e. The Balaban J connectivity index is 1.77. The van der Waals surface area contributed by atoms with E-state index in [9.17, 15) is 4.79 Å². The molecule has 0 unspecified atom stereocenters. The molecule has 116 valence electrons. The summed E-state index contributed by atoms with van der Waals surface area (Å²) < 4.78 is 7.39. The zero-order valence-electron chi connectivity index (χ0n) is 12.1. The van der Waals surface area contributed by atoms with Gasteiger partial charge in [0.15, 0.2) is 0 Å². The SMILES string of the molecule is COc1c(Br)cc(Br)cc1CNCCCN1CCCC1=O. The summed E-state index contributed by atoms with van der Waals surface area (Å²) in [4.78, 5) is 13.5. The first-order valence-corrected chi connectivity index (χ1v) is 8.71. The number of benzene rings is 1. The fraction of sp³-hybridized carbons (Fsp3) is 0.533. The van der Waals surface area contributed by atoms with E-state index in [1.165, 1.54) is 0 Å². The molecule has 1 aromatic rings. The highest BCUT2D eigenvalue weighted by molar-refractivity contribution is 9.11. The molecule has 0 aromatic heterocycles. The van der Waals surface area contributed by atoms with E-state index in [4.69, 9.17) is 4.74 Å². The number of halogens is 2. The van der Waals surface area contributed by atoms with Crippen molar-refractivity contribution in [2.75, 3.05) is 26.7 Å². The molecule has 0 spiro atoms. The Bertz CT molecular complexity index is 509. The molecule has 1 N–H and O–H groups in total. The molecule has 0 radical (unpaired) electrons. The number of ether oxygens (including phenoxy) is 1. The highest BCUT2D eigenvalue weighted by atomic mass is 79.9. The average Bonchev–Trinajstić information content (AvgIpc) is 2.83. The number of likely N-dealkylation sites (tertiary alicyclic amines) is 1. The minimum Gasteiger partial charge on any atom is -0.495 e. The van der Waals surface area contributed by atoms with Gasteiger partial charge in [0, 0.05) is 36.1 Å². The molecule has 1 aromatic carbocycles. The van der Waals surface area contributed by atoms with Gasteiger partial charge in [0.25, 0.3) is 0 Å². The molecule has 1 aliphatic rings. The first-order valence-electron chi connectivity index (χ1n) is 7.12. The summed E-state index contributed by atoms with van der Waals surface area (Å²) in [5, 5.41) is 3.41. The molecule has 0 aliphatic carbocycles. The van der Waals surface area contributed by atoms with Crippen molar-refractivity contribution < 1.29 is 9.53 Å². The van der Waals surface area contributed by atoms with E-state index in [-0.39, 0.29) is 0 Å². The molecule has 0 saturated carbocycles. The van der Waals surface area contributed by atoms with Gasteiger partial charge in [0.2, 0.25) is 5.91 Å². The van der Waals surface area contributed by atoms with Crippen molar-refractivity contribution in [1.29, 1.82) is 0 Å². The first kappa shape index (κ1) is 16.8. The minimum atomic E-state index is 0.299. The van der Waals surface area contributed by atoms with Gasteiger partial charge < -0.3 is 15.0 Å². The van der Waals surface area contributed by atoms with Gasteiger partial charge in [-0.3, -0.25) is 4.79 Å². The van der Waals surface area contributed by atoms with E-state index in [1.807, 2.05) is 11.0 Å². The van der Waals surface area contributed by atoms with Gasteiger partial charge in [-0.1, -0.05) is 15.9 Å². The summed E-state index contributed by atoms with van der Waals surface area (Å²) >= 11 is 7.00. The number of carbonyl (C=O) groups is 1. The molecule has 1 fully saturated rings. The van der Waals surface area contributed by atoms with Crippen LogP contribution in [-0.2, 0) is 11.3 Å². The number of hydrogen-bond donors (Lipinski definition) is 1. The molecule has 21 heavy (non-hydrogen) atoms. The molecular weight excluding hydrogens is 400 g/mol. The van der Waals surface area contributed by atoms with E-state index in [2.05, 4.69) is 43.2 Å². The fourth-order valence-corrected chi connectivity index (χ4v) is 4.01. The fourth-order valence-electron chi connectivity index (χ4n) is 2.53. The van der Waals surface area contributed by atoms with Crippen LogP contribution in [-0.4, -0.2) is 37.6 Å². The van der Waals surface area contributed by atoms with E-state index in [1.54, 1.807) is 7.11 Å². The number of nitrogens with zero attached hydrogens (tertiary/aromatic N) is 1. The van der Waals surface area contributed by atoms with Gasteiger partial charge in [0.1, 0.15) is 5.75 Å². The number of rotatable bonds is 7. The predicted octanol–water partition coefficient (Wildman–Crippen LogP) is 3.32. The van der Waals surface area contributed by atoms with E-state index in [0.29, 0.717) is 5.91 Å². The number of nitrogens with one attached hydrogen (secondary N) is 1. The number of hydrogen-bond acceptors (Lipinski definition) is 3.